The van der Waals surface area contributed by atoms with E-state index in [2.05, 4.69) is 0 Å². The van der Waals surface area contributed by atoms with Crippen LogP contribution in [0.1, 0.15) is 6.42 Å². The maximum Gasteiger partial charge on any atom is 0.261 e. The third kappa shape index (κ3) is 3.75. The predicted molar refractivity (Wildman–Crippen MR) is 78.2 cm³/mol. The van der Waals surface area contributed by atoms with Gasteiger partial charge in [-0.1, -0.05) is 6.07 Å². The van der Waals surface area contributed by atoms with Crippen LogP contribution in [0.25, 0.3) is 0 Å². The van der Waals surface area contributed by atoms with E-state index in [1.807, 2.05) is 0 Å². The number of rotatable bonds is 5. The van der Waals surface area contributed by atoms with E-state index < -0.39 is 19.1 Å². The van der Waals surface area contributed by atoms with Crippen LogP contribution in [0.4, 0.5) is 0 Å². The van der Waals surface area contributed by atoms with E-state index in [1.54, 1.807) is 7.11 Å². The molecule has 21 heavy (non-hydrogen) atoms. The molecule has 118 valence electrons. The third-order valence-corrected chi connectivity index (χ3v) is 6.59. The number of ether oxygens (including phenoxy) is 1. The van der Waals surface area contributed by atoms with E-state index in [1.165, 1.54) is 22.5 Å². The Hall–Kier alpha value is -0.670. The normalized spacial score (nSPS) is 20.8. The smallest absolute Gasteiger partial charge is 0.261 e. The molecule has 6 nitrogen and oxygen atoms in total. The van der Waals surface area contributed by atoms with Crippen molar-refractivity contribution in [2.45, 2.75) is 16.2 Å². The molecule has 0 aromatic heterocycles. The van der Waals surface area contributed by atoms with Crippen LogP contribution in [0.3, 0.4) is 0 Å². The number of methoxy groups -OCH3 is 1. The molecule has 9 heteroatoms. The molecule has 0 radical (unpaired) electrons. The molecule has 1 unspecified atom stereocenters. The second-order valence-corrected chi connectivity index (χ2v) is 9.39. The molecular weight excluding hydrogens is 338 g/mol. The van der Waals surface area contributed by atoms with Crippen molar-refractivity contribution in [3.8, 4) is 0 Å². The van der Waals surface area contributed by atoms with Gasteiger partial charge in [-0.3, -0.25) is 0 Å². The number of benzene rings is 1. The van der Waals surface area contributed by atoms with E-state index in [0.717, 1.165) is 12.5 Å². The van der Waals surface area contributed by atoms with Gasteiger partial charge in [-0.25, -0.2) is 16.8 Å². The molecule has 0 bridgehead atoms. The Morgan fingerprint density at radius 3 is 2.57 bits per heavy atom. The van der Waals surface area contributed by atoms with Gasteiger partial charge in [-0.05, 0) is 30.5 Å². The second-order valence-electron chi connectivity index (χ2n) is 4.89. The zero-order valence-electron chi connectivity index (χ0n) is 11.4. The minimum Gasteiger partial charge on any atom is -0.384 e. The summed E-state index contributed by atoms with van der Waals surface area (Å²) in [5.41, 5.74) is 0. The van der Waals surface area contributed by atoms with Crippen LogP contribution in [0, 0.1) is 5.92 Å². The molecule has 1 saturated heterocycles. The Kier molecular flexibility index (Phi) is 4.94. The molecule has 0 amide bonds. The fourth-order valence-corrected chi connectivity index (χ4v) is 4.77. The maximum absolute atomic E-state index is 12.5. The van der Waals surface area contributed by atoms with E-state index in [-0.39, 0.29) is 15.7 Å². The number of nitrogens with zero attached hydrogens (tertiary/aromatic N) is 1. The number of sulfonamides is 1. The van der Waals surface area contributed by atoms with Gasteiger partial charge in [0.15, 0.2) is 0 Å². The lowest BCUT2D eigenvalue weighted by Crippen LogP contribution is -2.29. The predicted octanol–water partition coefficient (Wildman–Crippen LogP) is 1.27. The molecule has 1 aromatic rings. The summed E-state index contributed by atoms with van der Waals surface area (Å²) >= 11 is 0. The summed E-state index contributed by atoms with van der Waals surface area (Å²) < 4.78 is 54.0. The average Bonchev–Trinajstić information content (AvgIpc) is 2.88. The van der Waals surface area contributed by atoms with Crippen LogP contribution in [0.15, 0.2) is 34.1 Å². The van der Waals surface area contributed by atoms with E-state index >= 15 is 0 Å². The quantitative estimate of drug-likeness (QED) is 0.745. The van der Waals surface area contributed by atoms with Gasteiger partial charge in [0.1, 0.15) is 0 Å². The topological polar surface area (TPSA) is 80.8 Å². The van der Waals surface area contributed by atoms with Crippen molar-refractivity contribution in [2.75, 3.05) is 26.8 Å². The van der Waals surface area contributed by atoms with Gasteiger partial charge in [-0.2, -0.15) is 4.31 Å². The van der Waals surface area contributed by atoms with Crippen molar-refractivity contribution in [1.29, 1.82) is 0 Å². The van der Waals surface area contributed by atoms with Crippen LogP contribution in [0.2, 0.25) is 0 Å². The Bertz CT molecular complexity index is 717. The first-order valence-corrected chi connectivity index (χ1v) is 10.0. The third-order valence-electron chi connectivity index (χ3n) is 3.38. The fraction of sp³-hybridized carbons (Fsp3) is 0.500. The summed E-state index contributed by atoms with van der Waals surface area (Å²) in [6.45, 7) is 1.27. The van der Waals surface area contributed by atoms with Crippen molar-refractivity contribution in [1.82, 2.24) is 4.31 Å². The summed E-state index contributed by atoms with van der Waals surface area (Å²) in [6.07, 6.45) is 0.723. The fourth-order valence-electron chi connectivity index (χ4n) is 2.32. The number of halogens is 1. The Balaban J connectivity index is 2.29. The highest BCUT2D eigenvalue weighted by Gasteiger charge is 2.32. The largest absolute Gasteiger partial charge is 0.384 e. The van der Waals surface area contributed by atoms with E-state index in [4.69, 9.17) is 15.4 Å². The van der Waals surface area contributed by atoms with E-state index in [0.29, 0.717) is 19.7 Å². The van der Waals surface area contributed by atoms with Crippen LogP contribution >= 0.6 is 10.7 Å². The lowest BCUT2D eigenvalue weighted by molar-refractivity contribution is 0.157. The van der Waals surface area contributed by atoms with Gasteiger partial charge in [-0.15, -0.1) is 0 Å². The molecule has 0 saturated carbocycles. The van der Waals surface area contributed by atoms with E-state index in [9.17, 15) is 16.8 Å². The summed E-state index contributed by atoms with van der Waals surface area (Å²) in [5.74, 6) is 0.157. The van der Waals surface area contributed by atoms with Gasteiger partial charge < -0.3 is 4.74 Å². The van der Waals surface area contributed by atoms with Crippen molar-refractivity contribution in [2.24, 2.45) is 5.92 Å². The molecule has 1 fully saturated rings. The molecule has 0 spiro atoms. The van der Waals surface area contributed by atoms with Crippen molar-refractivity contribution >= 4 is 29.8 Å². The minimum atomic E-state index is -3.96. The van der Waals surface area contributed by atoms with Gasteiger partial charge in [0, 0.05) is 30.9 Å². The lowest BCUT2D eigenvalue weighted by Gasteiger charge is -2.16. The van der Waals surface area contributed by atoms with Gasteiger partial charge in [0.25, 0.3) is 9.05 Å². The summed E-state index contributed by atoms with van der Waals surface area (Å²) in [7, 11) is -0.850. The van der Waals surface area contributed by atoms with Crippen molar-refractivity contribution < 1.29 is 21.6 Å². The molecule has 1 aromatic carbocycles. The zero-order valence-corrected chi connectivity index (χ0v) is 13.8. The second kappa shape index (κ2) is 6.21. The molecule has 2 rings (SSSR count). The summed E-state index contributed by atoms with van der Waals surface area (Å²) in [6, 6.07) is 5.08. The first-order chi connectivity index (χ1) is 9.75. The minimum absolute atomic E-state index is 0.0673. The standard InChI is InChI=1S/C12H16ClNO5S2/c1-19-9-10-5-6-14(8-10)21(17,18)12-4-2-3-11(7-12)20(13,15)16/h2-4,7,10H,5-6,8-9H2,1H3. The molecule has 0 aliphatic carbocycles. The SMILES string of the molecule is COCC1CCN(S(=O)(=O)c2cccc(S(=O)(=O)Cl)c2)C1. The monoisotopic (exact) mass is 353 g/mol. The van der Waals surface area contributed by atoms with Crippen LogP contribution < -0.4 is 0 Å². The Morgan fingerprint density at radius 1 is 1.29 bits per heavy atom. The highest BCUT2D eigenvalue weighted by atomic mass is 35.7. The van der Waals surface area contributed by atoms with Gasteiger partial charge >= 0.3 is 0 Å². The van der Waals surface area contributed by atoms with Gasteiger partial charge in [0.2, 0.25) is 10.0 Å². The number of hydrogen-bond donors (Lipinski definition) is 0. The maximum atomic E-state index is 12.5. The van der Waals surface area contributed by atoms with Crippen LogP contribution in [-0.4, -0.2) is 47.9 Å². The summed E-state index contributed by atoms with van der Waals surface area (Å²) in [5, 5.41) is 0. The first-order valence-electron chi connectivity index (χ1n) is 6.29. The zero-order chi connectivity index (χ0) is 15.7. The number of hydrogen-bond acceptors (Lipinski definition) is 5. The molecule has 0 N–H and O–H groups in total. The Morgan fingerprint density at radius 2 is 1.95 bits per heavy atom. The molecule has 1 atom stereocenters. The van der Waals surface area contributed by atoms with Gasteiger partial charge in [0.05, 0.1) is 16.4 Å². The van der Waals surface area contributed by atoms with Crippen molar-refractivity contribution in [3.63, 3.8) is 0 Å². The highest BCUT2D eigenvalue weighted by Crippen LogP contribution is 2.26. The molecule has 1 aliphatic rings. The molecule has 1 heterocycles. The van der Waals surface area contributed by atoms with Crippen LogP contribution in [0.5, 0.6) is 0 Å². The highest BCUT2D eigenvalue weighted by molar-refractivity contribution is 8.13. The summed E-state index contributed by atoms with van der Waals surface area (Å²) in [4.78, 5) is -0.292. The average molecular weight is 354 g/mol. The molecule has 1 aliphatic heterocycles. The lowest BCUT2D eigenvalue weighted by atomic mass is 10.1. The van der Waals surface area contributed by atoms with Crippen LogP contribution in [-0.2, 0) is 23.8 Å². The van der Waals surface area contributed by atoms with Crippen molar-refractivity contribution in [3.05, 3.63) is 24.3 Å². The molecular formula is C12H16ClNO5S2. The first kappa shape index (κ1) is 16.7. The Labute approximate surface area is 129 Å².